The van der Waals surface area contributed by atoms with Gasteiger partial charge in [0.05, 0.1) is 36.9 Å². The standard InChI is InChI=1S/C18H36N6O7/c1-7(19)9-5-4-8(20)17(30-9)31-15-11(21)13(26)16(29-3)12(14(15)27)24(2)10(25)6-23-18(22)28/h7-9,11-17,26-27H,4-6,19-21H2,1-3H3,(H3,22,23,28)/t7-,8?,9?,11?,12?,13?,14?,15?,16?,17?/m0/s1. The number of aliphatic hydroxyl groups excluding tert-OH is 2. The van der Waals surface area contributed by atoms with E-state index in [1.54, 1.807) is 0 Å². The van der Waals surface area contributed by atoms with E-state index in [9.17, 15) is 19.8 Å². The van der Waals surface area contributed by atoms with Crippen molar-refractivity contribution >= 4 is 11.9 Å². The normalized spacial score (nSPS) is 39.5. The second kappa shape index (κ2) is 10.8. The molecule has 1 saturated carbocycles. The van der Waals surface area contributed by atoms with E-state index in [0.29, 0.717) is 12.8 Å². The number of hydrogen-bond donors (Lipinski definition) is 7. The van der Waals surface area contributed by atoms with Crippen LogP contribution in [-0.2, 0) is 19.0 Å². The number of primary amides is 1. The molecule has 13 nitrogen and oxygen atoms in total. The molecule has 0 bridgehead atoms. The van der Waals surface area contributed by atoms with Crippen molar-refractivity contribution in [1.29, 1.82) is 0 Å². The summed E-state index contributed by atoms with van der Waals surface area (Å²) in [4.78, 5) is 24.6. The van der Waals surface area contributed by atoms with Gasteiger partial charge in [0.15, 0.2) is 6.29 Å². The number of carbonyl (C=O) groups excluding carboxylic acids is 2. The summed E-state index contributed by atoms with van der Waals surface area (Å²) in [5.74, 6) is -0.561. The fraction of sp³-hybridized carbons (Fsp3) is 0.889. The quantitative estimate of drug-likeness (QED) is 0.201. The first-order chi connectivity index (χ1) is 14.5. The number of carbonyl (C=O) groups is 2. The third-order valence-electron chi connectivity index (χ3n) is 5.98. The van der Waals surface area contributed by atoms with Crippen LogP contribution < -0.4 is 28.3 Å². The third kappa shape index (κ3) is 5.81. The Morgan fingerprint density at radius 1 is 1.23 bits per heavy atom. The number of nitrogens with zero attached hydrogens (tertiary/aromatic N) is 1. The molecule has 31 heavy (non-hydrogen) atoms. The summed E-state index contributed by atoms with van der Waals surface area (Å²) < 4.78 is 17.2. The highest BCUT2D eigenvalue weighted by atomic mass is 16.7. The van der Waals surface area contributed by atoms with Gasteiger partial charge in [-0.3, -0.25) is 4.79 Å². The van der Waals surface area contributed by atoms with Crippen LogP contribution in [0.5, 0.6) is 0 Å². The molecule has 11 N–H and O–H groups in total. The summed E-state index contributed by atoms with van der Waals surface area (Å²) in [5.41, 5.74) is 23.2. The molecule has 2 rings (SSSR count). The Hall–Kier alpha value is -1.58. The molecular weight excluding hydrogens is 412 g/mol. The van der Waals surface area contributed by atoms with E-state index < -0.39 is 67.3 Å². The predicted molar refractivity (Wildman–Crippen MR) is 109 cm³/mol. The number of nitrogens with two attached hydrogens (primary N) is 4. The highest BCUT2D eigenvalue weighted by Crippen LogP contribution is 2.31. The largest absolute Gasteiger partial charge is 0.389 e. The van der Waals surface area contributed by atoms with E-state index in [-0.39, 0.29) is 12.1 Å². The molecule has 10 atom stereocenters. The molecule has 0 aromatic carbocycles. The number of hydrogen-bond acceptors (Lipinski definition) is 10. The molecule has 0 aromatic heterocycles. The van der Waals surface area contributed by atoms with E-state index in [1.165, 1.54) is 14.2 Å². The SMILES string of the molecule is COC1C(O)C(N)C(OC2OC([C@H](C)N)CCC2N)C(O)C1N(C)C(=O)CNC(N)=O. The molecule has 0 radical (unpaired) electrons. The zero-order chi connectivity index (χ0) is 23.5. The second-order valence-corrected chi connectivity index (χ2v) is 8.22. The van der Waals surface area contributed by atoms with Crippen molar-refractivity contribution in [3.8, 4) is 0 Å². The molecule has 9 unspecified atom stereocenters. The van der Waals surface area contributed by atoms with Crippen LogP contribution in [0, 0.1) is 0 Å². The molecule has 0 aromatic rings. The van der Waals surface area contributed by atoms with Crippen molar-refractivity contribution in [1.82, 2.24) is 10.2 Å². The Balaban J connectivity index is 2.21. The summed E-state index contributed by atoms with van der Waals surface area (Å²) >= 11 is 0. The highest BCUT2D eigenvalue weighted by Gasteiger charge is 2.53. The number of amides is 3. The lowest BCUT2D eigenvalue weighted by Gasteiger charge is -2.50. The number of aliphatic hydroxyl groups is 2. The number of methoxy groups -OCH3 is 1. The summed E-state index contributed by atoms with van der Waals surface area (Å²) in [6.07, 6.45) is -4.67. The lowest BCUT2D eigenvalue weighted by atomic mass is 9.80. The summed E-state index contributed by atoms with van der Waals surface area (Å²) in [5, 5.41) is 24.0. The molecule has 180 valence electrons. The molecule has 3 amide bonds. The van der Waals surface area contributed by atoms with Gasteiger partial charge in [0.1, 0.15) is 18.3 Å². The first-order valence-electron chi connectivity index (χ1n) is 10.2. The van der Waals surface area contributed by atoms with Gasteiger partial charge in [-0.15, -0.1) is 0 Å². The van der Waals surface area contributed by atoms with Crippen molar-refractivity contribution in [2.75, 3.05) is 20.7 Å². The number of urea groups is 1. The average Bonchev–Trinajstić information content (AvgIpc) is 2.72. The lowest BCUT2D eigenvalue weighted by Crippen LogP contribution is -2.72. The molecule has 1 aliphatic carbocycles. The maximum Gasteiger partial charge on any atom is 0.312 e. The fourth-order valence-corrected chi connectivity index (χ4v) is 4.09. The van der Waals surface area contributed by atoms with Crippen LogP contribution in [0.2, 0.25) is 0 Å². The zero-order valence-electron chi connectivity index (χ0n) is 18.1. The van der Waals surface area contributed by atoms with E-state index in [1.807, 2.05) is 6.92 Å². The molecular formula is C18H36N6O7. The van der Waals surface area contributed by atoms with Crippen LogP contribution in [0.3, 0.4) is 0 Å². The topological polar surface area (TPSA) is 222 Å². The Bertz CT molecular complexity index is 626. The molecule has 0 spiro atoms. The first kappa shape index (κ1) is 25.7. The molecule has 1 aliphatic heterocycles. The van der Waals surface area contributed by atoms with Gasteiger partial charge in [-0.05, 0) is 19.8 Å². The Morgan fingerprint density at radius 2 is 1.87 bits per heavy atom. The fourth-order valence-electron chi connectivity index (χ4n) is 4.09. The van der Waals surface area contributed by atoms with Gasteiger partial charge in [0, 0.05) is 20.2 Å². The maximum atomic E-state index is 12.5. The van der Waals surface area contributed by atoms with Crippen molar-refractivity contribution in [2.45, 2.75) is 80.7 Å². The van der Waals surface area contributed by atoms with Gasteiger partial charge in [-0.25, -0.2) is 4.79 Å². The van der Waals surface area contributed by atoms with Crippen LogP contribution in [0.4, 0.5) is 4.79 Å². The number of likely N-dealkylation sites (N-methyl/N-ethyl adjacent to an activating group) is 1. The molecule has 1 heterocycles. The van der Waals surface area contributed by atoms with Crippen LogP contribution >= 0.6 is 0 Å². The maximum absolute atomic E-state index is 12.5. The van der Waals surface area contributed by atoms with Crippen molar-refractivity contribution in [2.24, 2.45) is 22.9 Å². The third-order valence-corrected chi connectivity index (χ3v) is 5.98. The molecule has 2 fully saturated rings. The molecule has 1 saturated heterocycles. The van der Waals surface area contributed by atoms with Crippen LogP contribution in [0.15, 0.2) is 0 Å². The average molecular weight is 449 g/mol. The van der Waals surface area contributed by atoms with Crippen molar-refractivity contribution < 1.29 is 34.0 Å². The Labute approximate surface area is 181 Å². The smallest absolute Gasteiger partial charge is 0.312 e. The number of rotatable bonds is 7. The van der Waals surface area contributed by atoms with Crippen LogP contribution in [0.25, 0.3) is 0 Å². The van der Waals surface area contributed by atoms with Gasteiger partial charge in [-0.1, -0.05) is 0 Å². The monoisotopic (exact) mass is 448 g/mol. The zero-order valence-corrected chi connectivity index (χ0v) is 18.1. The van der Waals surface area contributed by atoms with Gasteiger partial charge < -0.3 is 57.6 Å². The Morgan fingerprint density at radius 3 is 2.42 bits per heavy atom. The van der Waals surface area contributed by atoms with Gasteiger partial charge in [-0.2, -0.15) is 0 Å². The number of ether oxygens (including phenoxy) is 3. The van der Waals surface area contributed by atoms with Crippen LogP contribution in [-0.4, -0.2) is 109 Å². The number of nitrogens with one attached hydrogen (secondary N) is 1. The summed E-state index contributed by atoms with van der Waals surface area (Å²) in [7, 11) is 2.73. The first-order valence-corrected chi connectivity index (χ1v) is 10.2. The highest BCUT2D eigenvalue weighted by molar-refractivity contribution is 5.83. The second-order valence-electron chi connectivity index (χ2n) is 8.22. The minimum Gasteiger partial charge on any atom is -0.389 e. The van der Waals surface area contributed by atoms with Crippen LogP contribution in [0.1, 0.15) is 19.8 Å². The van der Waals surface area contributed by atoms with Crippen molar-refractivity contribution in [3.63, 3.8) is 0 Å². The van der Waals surface area contributed by atoms with E-state index in [2.05, 4.69) is 5.32 Å². The predicted octanol–water partition coefficient (Wildman–Crippen LogP) is -3.88. The van der Waals surface area contributed by atoms with Crippen molar-refractivity contribution in [3.05, 3.63) is 0 Å². The Kier molecular flexibility index (Phi) is 8.97. The minimum absolute atomic E-state index is 0.249. The summed E-state index contributed by atoms with van der Waals surface area (Å²) in [6, 6.07) is -3.68. The lowest BCUT2D eigenvalue weighted by molar-refractivity contribution is -0.267. The molecule has 13 heteroatoms. The van der Waals surface area contributed by atoms with E-state index >= 15 is 0 Å². The minimum atomic E-state index is -1.35. The molecule has 2 aliphatic rings. The van der Waals surface area contributed by atoms with Gasteiger partial charge in [0.25, 0.3) is 0 Å². The van der Waals surface area contributed by atoms with E-state index in [4.69, 9.17) is 37.1 Å². The van der Waals surface area contributed by atoms with Gasteiger partial charge in [0.2, 0.25) is 5.91 Å². The summed E-state index contributed by atoms with van der Waals surface area (Å²) in [6.45, 7) is 1.41. The van der Waals surface area contributed by atoms with E-state index in [0.717, 1.165) is 4.90 Å². The van der Waals surface area contributed by atoms with Gasteiger partial charge >= 0.3 is 6.03 Å².